The van der Waals surface area contributed by atoms with Gasteiger partial charge in [0.05, 0.1) is 6.61 Å². The van der Waals surface area contributed by atoms with Gasteiger partial charge in [0.2, 0.25) is 5.39 Å². The standard InChI is InChI=1S/C9H12N3O.ClH.Zn/c1-12(6-7-13)9-4-2-8(11-10)3-5-9;;/h2-5,13H,6-7H2,1H3;1H;/q+1;;/p-1. The molecule has 0 saturated carbocycles. The van der Waals surface area contributed by atoms with Crippen LogP contribution in [-0.2, 0) is 19.5 Å². The monoisotopic (exact) mass is 277 g/mol. The van der Waals surface area contributed by atoms with E-state index < -0.39 is 0 Å². The number of anilines is 1. The number of nitrogens with zero attached hydrogens (tertiary/aromatic N) is 3. The number of halogens is 1. The van der Waals surface area contributed by atoms with Gasteiger partial charge in [0.25, 0.3) is 0 Å². The minimum absolute atomic E-state index is 0. The van der Waals surface area contributed by atoms with Crippen LogP contribution in [0.25, 0.3) is 4.98 Å². The molecule has 78 valence electrons. The molecule has 0 aliphatic rings. The molecule has 0 fully saturated rings. The van der Waals surface area contributed by atoms with Crippen molar-refractivity contribution in [3.63, 3.8) is 0 Å². The Morgan fingerprint density at radius 2 is 1.87 bits per heavy atom. The summed E-state index contributed by atoms with van der Waals surface area (Å²) in [5.74, 6) is 0. The Morgan fingerprint density at radius 1 is 1.33 bits per heavy atom. The summed E-state index contributed by atoms with van der Waals surface area (Å²) in [6, 6.07) is 7.10. The van der Waals surface area contributed by atoms with Crippen molar-refractivity contribution in [2.75, 3.05) is 25.1 Å². The van der Waals surface area contributed by atoms with E-state index in [1.807, 2.05) is 24.1 Å². The molecule has 1 aromatic carbocycles. The van der Waals surface area contributed by atoms with Crippen molar-refractivity contribution in [3.8, 4) is 0 Å². The number of benzene rings is 1. The summed E-state index contributed by atoms with van der Waals surface area (Å²) in [5, 5.41) is 17.1. The van der Waals surface area contributed by atoms with Gasteiger partial charge in [-0.1, -0.05) is 0 Å². The molecule has 0 heterocycles. The van der Waals surface area contributed by atoms with Crippen molar-refractivity contribution in [2.45, 2.75) is 0 Å². The third kappa shape index (κ3) is 5.08. The fourth-order valence-electron chi connectivity index (χ4n) is 1.05. The molecular weight excluding hydrogens is 267 g/mol. The van der Waals surface area contributed by atoms with Gasteiger partial charge in [-0.25, -0.2) is 0 Å². The van der Waals surface area contributed by atoms with E-state index in [9.17, 15) is 0 Å². The molecule has 0 amide bonds. The van der Waals surface area contributed by atoms with Crippen LogP contribution in [0.1, 0.15) is 0 Å². The zero-order valence-electron chi connectivity index (χ0n) is 8.60. The van der Waals surface area contributed by atoms with Crippen LogP contribution in [0.5, 0.6) is 0 Å². The summed E-state index contributed by atoms with van der Waals surface area (Å²) >= 11 is 0. The number of aliphatic hydroxyl groups excluding tert-OH is 1. The predicted molar refractivity (Wildman–Crippen MR) is 51.5 cm³/mol. The molecule has 0 aromatic heterocycles. The largest absolute Gasteiger partial charge is 1.00 e. The van der Waals surface area contributed by atoms with E-state index in [1.54, 1.807) is 12.1 Å². The molecular formula is C9H12ClN3OZn. The number of hydrogen-bond acceptors (Lipinski definition) is 3. The van der Waals surface area contributed by atoms with Crippen LogP contribution in [0, 0.1) is 5.39 Å². The normalized spacial score (nSPS) is 8.07. The predicted octanol–water partition coefficient (Wildman–Crippen LogP) is -1.40. The Morgan fingerprint density at radius 3 is 2.27 bits per heavy atom. The molecule has 0 atom stereocenters. The first-order chi connectivity index (χ1) is 6.27. The third-order valence-corrected chi connectivity index (χ3v) is 1.84. The minimum atomic E-state index is 0. The Bertz CT molecular complexity index is 312. The fourth-order valence-corrected chi connectivity index (χ4v) is 1.05. The van der Waals surface area contributed by atoms with Crippen LogP contribution in [-0.4, -0.2) is 25.3 Å². The average Bonchev–Trinajstić information content (AvgIpc) is 2.18. The summed E-state index contributed by atoms with van der Waals surface area (Å²) in [6.07, 6.45) is 0. The maximum atomic E-state index is 8.70. The SMILES string of the molecule is CN(CCO)c1ccc([N+]#N)cc1.[Cl-].[Zn]. The number of aliphatic hydroxyl groups is 1. The van der Waals surface area contributed by atoms with Crippen molar-refractivity contribution in [2.24, 2.45) is 0 Å². The molecule has 6 heteroatoms. The van der Waals surface area contributed by atoms with E-state index in [1.165, 1.54) is 0 Å². The Labute approximate surface area is 108 Å². The molecule has 0 spiro atoms. The van der Waals surface area contributed by atoms with Crippen molar-refractivity contribution in [1.82, 2.24) is 0 Å². The van der Waals surface area contributed by atoms with Crippen molar-refractivity contribution < 1.29 is 37.0 Å². The van der Waals surface area contributed by atoms with Gasteiger partial charge >= 0.3 is 5.69 Å². The first-order valence-corrected chi connectivity index (χ1v) is 4.05. The quantitative estimate of drug-likeness (QED) is 0.547. The Hall–Kier alpha value is -0.687. The number of diazo groups is 1. The molecule has 1 aromatic rings. The first kappa shape index (κ1) is 16.7. The summed E-state index contributed by atoms with van der Waals surface area (Å²) in [5.41, 5.74) is 1.52. The molecule has 0 radical (unpaired) electrons. The third-order valence-electron chi connectivity index (χ3n) is 1.84. The second-order valence-corrected chi connectivity index (χ2v) is 2.76. The van der Waals surface area contributed by atoms with Crippen molar-refractivity contribution in [1.29, 1.82) is 5.39 Å². The van der Waals surface area contributed by atoms with Crippen molar-refractivity contribution >= 4 is 11.4 Å². The van der Waals surface area contributed by atoms with Crippen LogP contribution < -0.4 is 17.3 Å². The molecule has 0 bridgehead atoms. The van der Waals surface area contributed by atoms with Crippen LogP contribution in [0.4, 0.5) is 11.4 Å². The molecule has 4 nitrogen and oxygen atoms in total. The van der Waals surface area contributed by atoms with Crippen LogP contribution in [0.2, 0.25) is 0 Å². The molecule has 0 unspecified atom stereocenters. The number of likely N-dealkylation sites (N-methyl/N-ethyl adjacent to an activating group) is 1. The van der Waals surface area contributed by atoms with Gasteiger partial charge in [-0.15, -0.1) is 0 Å². The van der Waals surface area contributed by atoms with Gasteiger partial charge in [0, 0.05) is 50.9 Å². The Balaban J connectivity index is 0. The fraction of sp³-hybridized carbons (Fsp3) is 0.333. The summed E-state index contributed by atoms with van der Waals surface area (Å²) in [7, 11) is 1.89. The van der Waals surface area contributed by atoms with Gasteiger partial charge in [0.1, 0.15) is 0 Å². The van der Waals surface area contributed by atoms with Gasteiger partial charge in [0.15, 0.2) is 4.98 Å². The maximum Gasteiger partial charge on any atom is 0.385 e. The second-order valence-electron chi connectivity index (χ2n) is 2.76. The summed E-state index contributed by atoms with van der Waals surface area (Å²) < 4.78 is 0. The number of rotatable bonds is 3. The van der Waals surface area contributed by atoms with Crippen LogP contribution >= 0.6 is 0 Å². The van der Waals surface area contributed by atoms with E-state index in [0.717, 1.165) is 5.69 Å². The van der Waals surface area contributed by atoms with Crippen molar-refractivity contribution in [3.05, 3.63) is 29.2 Å². The van der Waals surface area contributed by atoms with E-state index in [4.69, 9.17) is 10.5 Å². The van der Waals surface area contributed by atoms with Gasteiger partial charge < -0.3 is 22.4 Å². The second kappa shape index (κ2) is 8.61. The topological polar surface area (TPSA) is 51.6 Å². The van der Waals surface area contributed by atoms with Gasteiger partial charge in [-0.2, -0.15) is 0 Å². The minimum Gasteiger partial charge on any atom is -1.00 e. The van der Waals surface area contributed by atoms with Gasteiger partial charge in [-0.3, -0.25) is 0 Å². The molecule has 15 heavy (non-hydrogen) atoms. The molecule has 1 N–H and O–H groups in total. The van der Waals surface area contributed by atoms with E-state index >= 15 is 0 Å². The summed E-state index contributed by atoms with van der Waals surface area (Å²) in [4.78, 5) is 4.97. The Kier molecular flexibility index (Phi) is 9.60. The molecule has 0 saturated heterocycles. The first-order valence-electron chi connectivity index (χ1n) is 4.05. The van der Waals surface area contributed by atoms with E-state index in [0.29, 0.717) is 12.2 Å². The zero-order valence-corrected chi connectivity index (χ0v) is 12.3. The zero-order chi connectivity index (χ0) is 9.68. The molecule has 0 aliphatic carbocycles. The number of hydrogen-bond donors (Lipinski definition) is 1. The average molecular weight is 279 g/mol. The maximum absolute atomic E-state index is 8.70. The van der Waals surface area contributed by atoms with Crippen LogP contribution in [0.15, 0.2) is 24.3 Å². The van der Waals surface area contributed by atoms with Gasteiger partial charge in [-0.05, 0) is 12.1 Å². The van der Waals surface area contributed by atoms with Crippen LogP contribution in [0.3, 0.4) is 0 Å². The molecule has 0 aliphatic heterocycles. The van der Waals surface area contributed by atoms with E-state index in [-0.39, 0.29) is 38.5 Å². The smallest absolute Gasteiger partial charge is 0.385 e. The van der Waals surface area contributed by atoms with E-state index in [2.05, 4.69) is 4.98 Å². The molecule has 1 rings (SSSR count). The summed E-state index contributed by atoms with van der Waals surface area (Å²) in [6.45, 7) is 0.720.